The number of thiazole rings is 1. The lowest BCUT2D eigenvalue weighted by atomic mass is 10.1. The van der Waals surface area contributed by atoms with Gasteiger partial charge >= 0.3 is 0 Å². The van der Waals surface area contributed by atoms with E-state index in [1.807, 2.05) is 19.5 Å². The van der Waals surface area contributed by atoms with Crippen LogP contribution in [0.2, 0.25) is 0 Å². The molecule has 76 valence electrons. The van der Waals surface area contributed by atoms with E-state index >= 15 is 0 Å². The van der Waals surface area contributed by atoms with E-state index in [1.54, 1.807) is 11.3 Å². The Morgan fingerprint density at radius 3 is 2.93 bits per heavy atom. The molecule has 1 N–H and O–H groups in total. The zero-order valence-electron chi connectivity index (χ0n) is 8.92. The van der Waals surface area contributed by atoms with Crippen molar-refractivity contribution in [3.8, 4) is 11.8 Å². The van der Waals surface area contributed by atoms with E-state index in [1.165, 1.54) is 4.88 Å². The second-order valence-corrected chi connectivity index (χ2v) is 4.00. The van der Waals surface area contributed by atoms with Crippen LogP contribution in [0.5, 0.6) is 0 Å². The van der Waals surface area contributed by atoms with Crippen LogP contribution in [-0.2, 0) is 0 Å². The van der Waals surface area contributed by atoms with E-state index in [9.17, 15) is 0 Å². The average molecular weight is 208 g/mol. The molecular formula is C11H16N2S. The van der Waals surface area contributed by atoms with Gasteiger partial charge in [0.25, 0.3) is 0 Å². The highest BCUT2D eigenvalue weighted by molar-refractivity contribution is 7.09. The number of rotatable bonds is 4. The second-order valence-electron chi connectivity index (χ2n) is 3.11. The van der Waals surface area contributed by atoms with Gasteiger partial charge in [0.2, 0.25) is 0 Å². The Kier molecular flexibility index (Phi) is 4.64. The van der Waals surface area contributed by atoms with Crippen molar-refractivity contribution in [2.45, 2.75) is 32.7 Å². The quantitative estimate of drug-likeness (QED) is 0.769. The standard InChI is InChI=1S/C11H16N2S/c1-4-5-6-7-10(12-3)11-9(2)13-8-14-11/h8,10,12H,6-7H2,1-3H3. The summed E-state index contributed by atoms with van der Waals surface area (Å²) in [5, 5.41) is 3.31. The van der Waals surface area contributed by atoms with Crippen molar-refractivity contribution < 1.29 is 0 Å². The van der Waals surface area contributed by atoms with Crippen molar-refractivity contribution in [3.63, 3.8) is 0 Å². The molecule has 0 aliphatic carbocycles. The van der Waals surface area contributed by atoms with Crippen molar-refractivity contribution in [1.82, 2.24) is 10.3 Å². The monoisotopic (exact) mass is 208 g/mol. The van der Waals surface area contributed by atoms with Crippen LogP contribution >= 0.6 is 11.3 Å². The fourth-order valence-corrected chi connectivity index (χ4v) is 2.34. The van der Waals surface area contributed by atoms with Gasteiger partial charge in [-0.2, -0.15) is 0 Å². The third-order valence-electron chi connectivity index (χ3n) is 2.18. The van der Waals surface area contributed by atoms with E-state index in [-0.39, 0.29) is 0 Å². The van der Waals surface area contributed by atoms with Crippen LogP contribution in [0.4, 0.5) is 0 Å². The van der Waals surface area contributed by atoms with Gasteiger partial charge in [0.05, 0.1) is 11.2 Å². The SMILES string of the molecule is CC#CCCC(NC)c1scnc1C. The number of nitrogens with one attached hydrogen (secondary N) is 1. The molecule has 1 aromatic rings. The summed E-state index contributed by atoms with van der Waals surface area (Å²) >= 11 is 1.72. The Bertz CT molecular complexity index is 333. The first-order valence-corrected chi connectivity index (χ1v) is 5.64. The van der Waals surface area contributed by atoms with Crippen molar-refractivity contribution in [3.05, 3.63) is 16.1 Å². The number of aromatic nitrogens is 1. The molecule has 2 nitrogen and oxygen atoms in total. The first-order chi connectivity index (χ1) is 6.79. The smallest absolute Gasteiger partial charge is 0.0798 e. The fraction of sp³-hybridized carbons (Fsp3) is 0.545. The lowest BCUT2D eigenvalue weighted by molar-refractivity contribution is 0.563. The van der Waals surface area contributed by atoms with Crippen molar-refractivity contribution in [2.24, 2.45) is 0 Å². The third-order valence-corrected chi connectivity index (χ3v) is 3.23. The number of aryl methyl sites for hydroxylation is 1. The van der Waals surface area contributed by atoms with Crippen LogP contribution in [0.3, 0.4) is 0 Å². The minimum Gasteiger partial charge on any atom is -0.312 e. The molecule has 1 unspecified atom stereocenters. The molecule has 1 rings (SSSR count). The van der Waals surface area contributed by atoms with Crippen molar-refractivity contribution >= 4 is 11.3 Å². The highest BCUT2D eigenvalue weighted by Gasteiger charge is 2.12. The van der Waals surface area contributed by atoms with Crippen LogP contribution in [0, 0.1) is 18.8 Å². The summed E-state index contributed by atoms with van der Waals surface area (Å²) < 4.78 is 0. The van der Waals surface area contributed by atoms with Gasteiger partial charge < -0.3 is 5.32 Å². The van der Waals surface area contributed by atoms with Gasteiger partial charge in [0, 0.05) is 17.3 Å². The van der Waals surface area contributed by atoms with Gasteiger partial charge in [0.15, 0.2) is 0 Å². The summed E-state index contributed by atoms with van der Waals surface area (Å²) in [5.74, 6) is 6.01. The molecule has 0 fully saturated rings. The molecule has 0 aliphatic heterocycles. The minimum absolute atomic E-state index is 0.406. The Labute approximate surface area is 89.8 Å². The third kappa shape index (κ3) is 2.83. The Morgan fingerprint density at radius 1 is 1.64 bits per heavy atom. The summed E-state index contributed by atoms with van der Waals surface area (Å²) in [4.78, 5) is 5.59. The Hall–Kier alpha value is -0.850. The summed E-state index contributed by atoms with van der Waals surface area (Å²) in [5.41, 5.74) is 3.04. The molecule has 1 atom stereocenters. The first kappa shape index (κ1) is 11.2. The zero-order valence-corrected chi connectivity index (χ0v) is 9.74. The molecule has 0 aliphatic rings. The number of nitrogens with zero attached hydrogens (tertiary/aromatic N) is 1. The van der Waals surface area contributed by atoms with Crippen LogP contribution in [-0.4, -0.2) is 12.0 Å². The van der Waals surface area contributed by atoms with Gasteiger partial charge in [0.1, 0.15) is 0 Å². The lowest BCUT2D eigenvalue weighted by Crippen LogP contribution is -2.15. The Morgan fingerprint density at radius 2 is 2.43 bits per heavy atom. The molecule has 0 saturated carbocycles. The largest absolute Gasteiger partial charge is 0.312 e. The topological polar surface area (TPSA) is 24.9 Å². The average Bonchev–Trinajstić information content (AvgIpc) is 2.60. The lowest BCUT2D eigenvalue weighted by Gasteiger charge is -2.13. The van der Waals surface area contributed by atoms with Crippen molar-refractivity contribution in [2.75, 3.05) is 7.05 Å². The maximum atomic E-state index is 4.26. The second kappa shape index (κ2) is 5.79. The van der Waals surface area contributed by atoms with Crippen LogP contribution in [0.25, 0.3) is 0 Å². The molecule has 0 bridgehead atoms. The summed E-state index contributed by atoms with van der Waals surface area (Å²) in [7, 11) is 1.99. The number of hydrogen-bond donors (Lipinski definition) is 1. The highest BCUT2D eigenvalue weighted by Crippen LogP contribution is 2.24. The molecule has 14 heavy (non-hydrogen) atoms. The van der Waals surface area contributed by atoms with E-state index in [0.717, 1.165) is 18.5 Å². The predicted octanol–water partition coefficient (Wildman–Crippen LogP) is 2.52. The van der Waals surface area contributed by atoms with Crippen LogP contribution in [0.15, 0.2) is 5.51 Å². The molecule has 0 radical (unpaired) electrons. The zero-order chi connectivity index (χ0) is 10.4. The maximum absolute atomic E-state index is 4.26. The molecule has 0 amide bonds. The van der Waals surface area contributed by atoms with Gasteiger partial charge in [-0.25, -0.2) is 4.98 Å². The van der Waals surface area contributed by atoms with E-state index in [2.05, 4.69) is 29.1 Å². The first-order valence-electron chi connectivity index (χ1n) is 4.76. The van der Waals surface area contributed by atoms with Crippen LogP contribution in [0.1, 0.15) is 36.4 Å². The van der Waals surface area contributed by atoms with E-state index in [4.69, 9.17) is 0 Å². The van der Waals surface area contributed by atoms with Gasteiger partial charge in [-0.3, -0.25) is 0 Å². The maximum Gasteiger partial charge on any atom is 0.0798 e. The molecule has 3 heteroatoms. The predicted molar refractivity (Wildman–Crippen MR) is 61.3 cm³/mol. The molecule has 0 saturated heterocycles. The summed E-state index contributed by atoms with van der Waals surface area (Å²) in [6.45, 7) is 3.94. The highest BCUT2D eigenvalue weighted by atomic mass is 32.1. The normalized spacial score (nSPS) is 11.9. The molecule has 0 spiro atoms. The van der Waals surface area contributed by atoms with Crippen LogP contribution < -0.4 is 5.32 Å². The van der Waals surface area contributed by atoms with Crippen molar-refractivity contribution in [1.29, 1.82) is 0 Å². The van der Waals surface area contributed by atoms with E-state index in [0.29, 0.717) is 6.04 Å². The number of hydrogen-bond acceptors (Lipinski definition) is 3. The molecule has 0 aromatic carbocycles. The molecule has 1 aromatic heterocycles. The minimum atomic E-state index is 0.406. The van der Waals surface area contributed by atoms with E-state index < -0.39 is 0 Å². The Balaban J connectivity index is 2.61. The van der Waals surface area contributed by atoms with Gasteiger partial charge in [-0.1, -0.05) is 0 Å². The fourth-order valence-electron chi connectivity index (χ4n) is 1.39. The van der Waals surface area contributed by atoms with Gasteiger partial charge in [-0.15, -0.1) is 23.2 Å². The summed E-state index contributed by atoms with van der Waals surface area (Å²) in [6, 6.07) is 0.406. The summed E-state index contributed by atoms with van der Waals surface area (Å²) in [6.07, 6.45) is 2.00. The van der Waals surface area contributed by atoms with Gasteiger partial charge in [-0.05, 0) is 27.3 Å². The molecule has 1 heterocycles. The molecular weight excluding hydrogens is 192 g/mol.